The van der Waals surface area contributed by atoms with E-state index in [1.165, 1.54) is 5.56 Å². The molecule has 0 saturated carbocycles. The van der Waals surface area contributed by atoms with Crippen LogP contribution in [0.5, 0.6) is 5.75 Å². The Balaban J connectivity index is 2.45. The molecule has 1 aromatic rings. The summed E-state index contributed by atoms with van der Waals surface area (Å²) < 4.78 is 5.08. The second kappa shape index (κ2) is 6.19. The third-order valence-corrected chi connectivity index (χ3v) is 2.24. The number of hydrogen-bond acceptors (Lipinski definition) is 3. The first-order valence-corrected chi connectivity index (χ1v) is 5.01. The zero-order valence-electron chi connectivity index (χ0n) is 9.27. The fourth-order valence-electron chi connectivity index (χ4n) is 1.39. The summed E-state index contributed by atoms with van der Waals surface area (Å²) in [6, 6.07) is 7.97. The molecular weight excluding hydrogens is 190 g/mol. The molecule has 0 spiro atoms. The molecule has 0 amide bonds. The Hall–Kier alpha value is -1.35. The van der Waals surface area contributed by atoms with Crippen LogP contribution in [0.3, 0.4) is 0 Å². The Morgan fingerprint density at radius 3 is 2.53 bits per heavy atom. The van der Waals surface area contributed by atoms with Gasteiger partial charge < -0.3 is 14.4 Å². The summed E-state index contributed by atoms with van der Waals surface area (Å²) in [5, 5.41) is 0. The summed E-state index contributed by atoms with van der Waals surface area (Å²) in [5.74, 6) is 0.870. The lowest BCUT2D eigenvalue weighted by Gasteiger charge is -2.15. The first-order chi connectivity index (χ1) is 7.26. The van der Waals surface area contributed by atoms with Crippen LogP contribution in [0.2, 0.25) is 0 Å². The fraction of sp³-hybridized carbons (Fsp3) is 0.417. The summed E-state index contributed by atoms with van der Waals surface area (Å²) >= 11 is 0. The summed E-state index contributed by atoms with van der Waals surface area (Å²) in [6.45, 7) is 1.66. The number of carbonyl (C=O) groups is 1. The molecule has 1 aromatic carbocycles. The molecule has 82 valence electrons. The van der Waals surface area contributed by atoms with Gasteiger partial charge in [-0.05, 0) is 24.7 Å². The summed E-state index contributed by atoms with van der Waals surface area (Å²) in [4.78, 5) is 12.3. The van der Waals surface area contributed by atoms with Gasteiger partial charge >= 0.3 is 0 Å². The van der Waals surface area contributed by atoms with E-state index in [9.17, 15) is 4.79 Å². The first-order valence-electron chi connectivity index (χ1n) is 5.01. The Morgan fingerprint density at radius 1 is 1.33 bits per heavy atom. The number of carbonyl (C=O) groups excluding carboxylic acids is 1. The maximum atomic E-state index is 10.2. The van der Waals surface area contributed by atoms with Gasteiger partial charge in [-0.2, -0.15) is 0 Å². The monoisotopic (exact) mass is 207 g/mol. The third-order valence-electron chi connectivity index (χ3n) is 2.24. The summed E-state index contributed by atoms with van der Waals surface area (Å²) in [5.41, 5.74) is 1.23. The topological polar surface area (TPSA) is 29.5 Å². The molecule has 1 rings (SSSR count). The average molecular weight is 207 g/mol. The molecule has 15 heavy (non-hydrogen) atoms. The molecule has 0 radical (unpaired) electrons. The molecule has 0 N–H and O–H groups in total. The minimum absolute atomic E-state index is 0.590. The van der Waals surface area contributed by atoms with E-state index < -0.39 is 0 Å². The maximum Gasteiger partial charge on any atom is 0.121 e. The van der Waals surface area contributed by atoms with E-state index >= 15 is 0 Å². The van der Waals surface area contributed by atoms with Gasteiger partial charge in [-0.25, -0.2) is 0 Å². The highest BCUT2D eigenvalue weighted by atomic mass is 16.5. The van der Waals surface area contributed by atoms with Crippen molar-refractivity contribution in [2.75, 3.05) is 20.7 Å². The molecule has 3 heteroatoms. The highest BCUT2D eigenvalue weighted by Gasteiger charge is 1.99. The quantitative estimate of drug-likeness (QED) is 0.665. The van der Waals surface area contributed by atoms with Gasteiger partial charge in [0.2, 0.25) is 0 Å². The third kappa shape index (κ3) is 4.13. The standard InChI is InChI=1S/C12H17NO2/c1-13(8-3-9-14)10-11-4-6-12(15-2)7-5-11/h4-7,9H,3,8,10H2,1-2H3. The molecule has 0 unspecified atom stereocenters. The van der Waals surface area contributed by atoms with E-state index in [0.29, 0.717) is 6.42 Å². The predicted octanol–water partition coefficient (Wildman–Crippen LogP) is 1.72. The smallest absolute Gasteiger partial charge is 0.121 e. The maximum absolute atomic E-state index is 10.2. The largest absolute Gasteiger partial charge is 0.497 e. The molecule has 0 fully saturated rings. The van der Waals surface area contributed by atoms with Crippen LogP contribution in [0.1, 0.15) is 12.0 Å². The van der Waals surface area contributed by atoms with Gasteiger partial charge in [0.15, 0.2) is 0 Å². The van der Waals surface area contributed by atoms with Gasteiger partial charge in [0, 0.05) is 19.5 Å². The highest BCUT2D eigenvalue weighted by Crippen LogP contribution is 2.12. The molecule has 0 atom stereocenters. The van der Waals surface area contributed by atoms with E-state index in [1.807, 2.05) is 31.3 Å². The number of ether oxygens (including phenoxy) is 1. The van der Waals surface area contributed by atoms with Crippen molar-refractivity contribution < 1.29 is 9.53 Å². The van der Waals surface area contributed by atoms with Gasteiger partial charge in [-0.3, -0.25) is 0 Å². The molecule has 0 aliphatic rings. The van der Waals surface area contributed by atoms with E-state index in [4.69, 9.17) is 4.74 Å². The minimum atomic E-state index is 0.590. The molecule has 0 aliphatic carbocycles. The van der Waals surface area contributed by atoms with Crippen LogP contribution in [0.15, 0.2) is 24.3 Å². The zero-order valence-corrected chi connectivity index (χ0v) is 9.27. The number of aldehydes is 1. The van der Waals surface area contributed by atoms with Gasteiger partial charge in [0.1, 0.15) is 12.0 Å². The Kier molecular flexibility index (Phi) is 4.84. The van der Waals surface area contributed by atoms with E-state index in [1.54, 1.807) is 7.11 Å². The van der Waals surface area contributed by atoms with Gasteiger partial charge in [-0.15, -0.1) is 0 Å². The Labute approximate surface area is 90.7 Å². The number of hydrogen-bond donors (Lipinski definition) is 0. The zero-order chi connectivity index (χ0) is 11.1. The lowest BCUT2D eigenvalue weighted by atomic mass is 10.2. The predicted molar refractivity (Wildman–Crippen MR) is 60.0 cm³/mol. The van der Waals surface area contributed by atoms with E-state index in [0.717, 1.165) is 25.1 Å². The Morgan fingerprint density at radius 2 is 2.00 bits per heavy atom. The Bertz CT molecular complexity index is 295. The number of benzene rings is 1. The van der Waals surface area contributed by atoms with Crippen LogP contribution in [-0.4, -0.2) is 31.9 Å². The molecule has 0 bridgehead atoms. The second-order valence-corrected chi connectivity index (χ2v) is 3.54. The van der Waals surface area contributed by atoms with Crippen molar-refractivity contribution in [3.05, 3.63) is 29.8 Å². The van der Waals surface area contributed by atoms with Crippen LogP contribution in [0, 0.1) is 0 Å². The normalized spacial score (nSPS) is 10.3. The first kappa shape index (κ1) is 11.7. The van der Waals surface area contributed by atoms with Gasteiger partial charge in [-0.1, -0.05) is 12.1 Å². The van der Waals surface area contributed by atoms with Crippen LogP contribution in [-0.2, 0) is 11.3 Å². The van der Waals surface area contributed by atoms with Crippen molar-refractivity contribution in [3.8, 4) is 5.75 Å². The summed E-state index contributed by atoms with van der Waals surface area (Å²) in [6.07, 6.45) is 1.54. The lowest BCUT2D eigenvalue weighted by Crippen LogP contribution is -2.19. The van der Waals surface area contributed by atoms with Crippen LogP contribution < -0.4 is 4.74 Å². The number of nitrogens with zero attached hydrogens (tertiary/aromatic N) is 1. The van der Waals surface area contributed by atoms with Crippen LogP contribution in [0.25, 0.3) is 0 Å². The number of methoxy groups -OCH3 is 1. The minimum Gasteiger partial charge on any atom is -0.497 e. The molecule has 3 nitrogen and oxygen atoms in total. The van der Waals surface area contributed by atoms with Crippen molar-refractivity contribution in [3.63, 3.8) is 0 Å². The van der Waals surface area contributed by atoms with Crippen molar-refractivity contribution in [1.29, 1.82) is 0 Å². The molecule has 0 saturated heterocycles. The van der Waals surface area contributed by atoms with Gasteiger partial charge in [0.25, 0.3) is 0 Å². The SMILES string of the molecule is COc1ccc(CN(C)CCC=O)cc1. The lowest BCUT2D eigenvalue weighted by molar-refractivity contribution is -0.108. The van der Waals surface area contributed by atoms with Crippen molar-refractivity contribution in [1.82, 2.24) is 4.90 Å². The molecule has 0 aromatic heterocycles. The molecule has 0 aliphatic heterocycles. The fourth-order valence-corrected chi connectivity index (χ4v) is 1.39. The average Bonchev–Trinajstić information content (AvgIpc) is 2.27. The molecular formula is C12H17NO2. The van der Waals surface area contributed by atoms with E-state index in [2.05, 4.69) is 4.90 Å². The summed E-state index contributed by atoms with van der Waals surface area (Å²) in [7, 11) is 3.67. The molecule has 0 heterocycles. The van der Waals surface area contributed by atoms with Crippen molar-refractivity contribution in [2.45, 2.75) is 13.0 Å². The second-order valence-electron chi connectivity index (χ2n) is 3.54. The van der Waals surface area contributed by atoms with Crippen LogP contribution in [0.4, 0.5) is 0 Å². The van der Waals surface area contributed by atoms with Crippen molar-refractivity contribution in [2.24, 2.45) is 0 Å². The van der Waals surface area contributed by atoms with Crippen molar-refractivity contribution >= 4 is 6.29 Å². The number of rotatable bonds is 6. The highest BCUT2D eigenvalue weighted by molar-refractivity contribution is 5.49. The van der Waals surface area contributed by atoms with E-state index in [-0.39, 0.29) is 0 Å². The van der Waals surface area contributed by atoms with Crippen LogP contribution >= 0.6 is 0 Å². The van der Waals surface area contributed by atoms with Gasteiger partial charge in [0.05, 0.1) is 7.11 Å².